The summed E-state index contributed by atoms with van der Waals surface area (Å²) in [5, 5.41) is 0. The molecule has 1 aliphatic rings. The number of carbonyl (C=O) groups is 2. The van der Waals surface area contributed by atoms with Crippen LogP contribution in [-0.4, -0.2) is 37.2 Å². The van der Waals surface area contributed by atoms with Crippen molar-refractivity contribution in [3.05, 3.63) is 29.3 Å². The second-order valence-electron chi connectivity index (χ2n) is 5.37. The van der Waals surface area contributed by atoms with Crippen LogP contribution in [0.5, 0.6) is 5.75 Å². The molecule has 0 spiro atoms. The molecule has 1 amide bonds. The van der Waals surface area contributed by atoms with Crippen LogP contribution >= 0.6 is 0 Å². The van der Waals surface area contributed by atoms with Crippen LogP contribution in [0.15, 0.2) is 18.2 Å². The van der Waals surface area contributed by atoms with Crippen molar-refractivity contribution in [3.8, 4) is 5.75 Å². The highest BCUT2D eigenvalue weighted by atomic mass is 16.7. The van der Waals surface area contributed by atoms with E-state index in [1.54, 1.807) is 18.2 Å². The van der Waals surface area contributed by atoms with Gasteiger partial charge in [-0.1, -0.05) is 12.1 Å². The van der Waals surface area contributed by atoms with Crippen LogP contribution in [0.25, 0.3) is 0 Å². The smallest absolute Gasteiger partial charge is 0.259 e. The van der Waals surface area contributed by atoms with Crippen LogP contribution in [-0.2, 0) is 4.79 Å². The van der Waals surface area contributed by atoms with Gasteiger partial charge in [-0.25, -0.2) is 0 Å². The van der Waals surface area contributed by atoms with Crippen molar-refractivity contribution in [2.24, 2.45) is 0 Å². The molecule has 108 valence electrons. The van der Waals surface area contributed by atoms with E-state index in [2.05, 4.69) is 10.4 Å². The largest absolute Gasteiger partial charge is 0.379 e. The lowest BCUT2D eigenvalue weighted by atomic mass is 9.95. The summed E-state index contributed by atoms with van der Waals surface area (Å²) in [7, 11) is 3.97. The lowest BCUT2D eigenvalue weighted by molar-refractivity contribution is -0.130. The normalized spacial score (nSPS) is 17.4. The van der Waals surface area contributed by atoms with Crippen molar-refractivity contribution < 1.29 is 14.4 Å². The number of carbonyl (C=O) groups excluding carboxylic acids is 2. The third kappa shape index (κ3) is 3.17. The molecule has 20 heavy (non-hydrogen) atoms. The fourth-order valence-electron chi connectivity index (χ4n) is 2.19. The SMILES string of the molecule is CC1C(=O)NOc2cc(C(=O)CCCN(C)C)ccc21. The summed E-state index contributed by atoms with van der Waals surface area (Å²) >= 11 is 0. The number of nitrogens with one attached hydrogen (secondary N) is 1. The quantitative estimate of drug-likeness (QED) is 0.832. The maximum Gasteiger partial charge on any atom is 0.259 e. The zero-order valence-electron chi connectivity index (χ0n) is 12.1. The third-order valence-electron chi connectivity index (χ3n) is 3.47. The molecule has 5 nitrogen and oxygen atoms in total. The fraction of sp³-hybridized carbons (Fsp3) is 0.467. The molecule has 1 N–H and O–H groups in total. The van der Waals surface area contributed by atoms with Crippen LogP contribution in [0, 0.1) is 0 Å². The maximum absolute atomic E-state index is 12.1. The molecule has 0 radical (unpaired) electrons. The molecule has 0 fully saturated rings. The van der Waals surface area contributed by atoms with E-state index in [9.17, 15) is 9.59 Å². The molecule has 0 saturated heterocycles. The summed E-state index contributed by atoms with van der Waals surface area (Å²) in [4.78, 5) is 30.8. The minimum atomic E-state index is -0.253. The van der Waals surface area contributed by atoms with Crippen LogP contribution in [0.3, 0.4) is 0 Å². The minimum Gasteiger partial charge on any atom is -0.379 e. The van der Waals surface area contributed by atoms with Gasteiger partial charge in [-0.15, -0.1) is 0 Å². The first-order valence-electron chi connectivity index (χ1n) is 6.77. The van der Waals surface area contributed by atoms with Crippen molar-refractivity contribution >= 4 is 11.7 Å². The number of ketones is 1. The van der Waals surface area contributed by atoms with Crippen molar-refractivity contribution in [2.45, 2.75) is 25.7 Å². The minimum absolute atomic E-state index is 0.0998. The van der Waals surface area contributed by atoms with Gasteiger partial charge in [0.2, 0.25) is 0 Å². The van der Waals surface area contributed by atoms with E-state index >= 15 is 0 Å². The predicted molar refractivity (Wildman–Crippen MR) is 75.7 cm³/mol. The van der Waals surface area contributed by atoms with Crippen molar-refractivity contribution in [2.75, 3.05) is 20.6 Å². The van der Waals surface area contributed by atoms with Crippen LogP contribution in [0.4, 0.5) is 0 Å². The van der Waals surface area contributed by atoms with Gasteiger partial charge < -0.3 is 9.74 Å². The second-order valence-corrected chi connectivity index (χ2v) is 5.37. The Morgan fingerprint density at radius 1 is 1.40 bits per heavy atom. The molecule has 0 saturated carbocycles. The molecule has 1 heterocycles. The van der Waals surface area contributed by atoms with Gasteiger partial charge in [0.1, 0.15) is 0 Å². The number of hydroxylamine groups is 1. The molecular formula is C15H20N2O3. The Hall–Kier alpha value is -1.88. The number of amides is 1. The van der Waals surface area contributed by atoms with Crippen LogP contribution < -0.4 is 10.3 Å². The first-order valence-corrected chi connectivity index (χ1v) is 6.77. The number of nitrogens with zero attached hydrogens (tertiary/aromatic N) is 1. The first kappa shape index (κ1) is 14.5. The van der Waals surface area contributed by atoms with Crippen molar-refractivity contribution in [3.63, 3.8) is 0 Å². The lowest BCUT2D eigenvalue weighted by Crippen LogP contribution is -2.35. The molecule has 5 heteroatoms. The molecule has 2 rings (SSSR count). The van der Waals surface area contributed by atoms with E-state index in [-0.39, 0.29) is 17.6 Å². The van der Waals surface area contributed by atoms with Gasteiger partial charge in [-0.3, -0.25) is 9.59 Å². The van der Waals surface area contributed by atoms with E-state index in [1.807, 2.05) is 21.0 Å². The molecule has 0 aliphatic carbocycles. The Morgan fingerprint density at radius 3 is 2.85 bits per heavy atom. The lowest BCUT2D eigenvalue weighted by Gasteiger charge is -2.22. The average Bonchev–Trinajstić information content (AvgIpc) is 2.42. The Balaban J connectivity index is 2.07. The van der Waals surface area contributed by atoms with Gasteiger partial charge in [0.05, 0.1) is 5.92 Å². The van der Waals surface area contributed by atoms with Gasteiger partial charge in [-0.2, -0.15) is 5.48 Å². The summed E-state index contributed by atoms with van der Waals surface area (Å²) in [5.74, 6) is 0.248. The number of fused-ring (bicyclic) bond motifs is 1. The summed E-state index contributed by atoms with van der Waals surface area (Å²) in [6.07, 6.45) is 1.34. The monoisotopic (exact) mass is 276 g/mol. The van der Waals surface area contributed by atoms with Gasteiger partial charge in [0.25, 0.3) is 5.91 Å². The Morgan fingerprint density at radius 2 is 2.15 bits per heavy atom. The number of Topliss-reactive ketones (excluding diaryl/α,β-unsaturated/α-hetero) is 1. The van der Waals surface area contributed by atoms with Crippen LogP contribution in [0.1, 0.15) is 41.6 Å². The number of rotatable bonds is 5. The zero-order chi connectivity index (χ0) is 14.7. The number of benzene rings is 1. The zero-order valence-corrected chi connectivity index (χ0v) is 12.1. The summed E-state index contributed by atoms with van der Waals surface area (Å²) in [6, 6.07) is 5.29. The maximum atomic E-state index is 12.1. The Kier molecular flexibility index (Phi) is 4.39. The first-order chi connectivity index (χ1) is 9.49. The fourth-order valence-corrected chi connectivity index (χ4v) is 2.19. The third-order valence-corrected chi connectivity index (χ3v) is 3.47. The Labute approximate surface area is 118 Å². The molecular weight excluding hydrogens is 256 g/mol. The summed E-state index contributed by atoms with van der Waals surface area (Å²) < 4.78 is 0. The molecule has 1 aromatic rings. The molecule has 0 aromatic heterocycles. The van der Waals surface area contributed by atoms with E-state index in [1.165, 1.54) is 0 Å². The Bertz CT molecular complexity index is 526. The number of hydrogen-bond donors (Lipinski definition) is 1. The highest BCUT2D eigenvalue weighted by Crippen LogP contribution is 2.31. The van der Waals surface area contributed by atoms with Gasteiger partial charge >= 0.3 is 0 Å². The van der Waals surface area contributed by atoms with Crippen molar-refractivity contribution in [1.29, 1.82) is 0 Å². The van der Waals surface area contributed by atoms with Gasteiger partial charge in [0, 0.05) is 17.5 Å². The van der Waals surface area contributed by atoms with Crippen LogP contribution in [0.2, 0.25) is 0 Å². The second kappa shape index (κ2) is 6.05. The van der Waals surface area contributed by atoms with E-state index < -0.39 is 0 Å². The summed E-state index contributed by atoms with van der Waals surface area (Å²) in [6.45, 7) is 2.70. The highest BCUT2D eigenvalue weighted by molar-refractivity contribution is 5.97. The van der Waals surface area contributed by atoms with E-state index in [0.29, 0.717) is 17.7 Å². The van der Waals surface area contributed by atoms with E-state index in [0.717, 1.165) is 18.5 Å². The average molecular weight is 276 g/mol. The highest BCUT2D eigenvalue weighted by Gasteiger charge is 2.25. The number of hydrogen-bond acceptors (Lipinski definition) is 4. The molecule has 1 aliphatic heterocycles. The topological polar surface area (TPSA) is 58.6 Å². The molecule has 0 bridgehead atoms. The molecule has 1 aromatic carbocycles. The van der Waals surface area contributed by atoms with Crippen molar-refractivity contribution in [1.82, 2.24) is 10.4 Å². The van der Waals surface area contributed by atoms with E-state index in [4.69, 9.17) is 4.84 Å². The summed E-state index contributed by atoms with van der Waals surface area (Å²) in [5.41, 5.74) is 3.80. The standard InChI is InChI=1S/C15H20N2O3/c1-10-12-7-6-11(9-14(12)20-16-15(10)19)13(18)5-4-8-17(2)3/h6-7,9-10H,4-5,8H2,1-3H3,(H,16,19). The molecule has 1 unspecified atom stereocenters. The molecule has 1 atom stereocenters. The van der Waals surface area contributed by atoms with Gasteiger partial charge in [-0.05, 0) is 40.1 Å². The predicted octanol–water partition coefficient (Wildman–Crippen LogP) is 1.74. The van der Waals surface area contributed by atoms with Gasteiger partial charge in [0.15, 0.2) is 11.5 Å².